The third-order valence-electron chi connectivity index (χ3n) is 12.0. The molecule has 4 saturated carbocycles. The van der Waals surface area contributed by atoms with Gasteiger partial charge in [-0.15, -0.1) is 0 Å². The molecule has 4 aliphatic carbocycles. The summed E-state index contributed by atoms with van der Waals surface area (Å²) in [4.78, 5) is 26.1. The molecule has 0 spiro atoms. The maximum Gasteiger partial charge on any atom is 0.307 e. The molecule has 8 atom stereocenters. The SMILES string of the molecule is C[C@]12CCC(OC=O)(N3CCC(CCO)CC3)CC1CC[C@@H]1[C@@H]2CC[C@]2(C)C(C(=O)O)CC[C@@H]12. The number of aliphatic hydroxyl groups excluding tert-OH is 1. The highest BCUT2D eigenvalue weighted by molar-refractivity contribution is 5.71. The van der Waals surface area contributed by atoms with E-state index in [9.17, 15) is 19.8 Å². The second-order valence-electron chi connectivity index (χ2n) is 13.0. The fourth-order valence-corrected chi connectivity index (χ4v) is 9.99. The predicted molar refractivity (Wildman–Crippen MR) is 129 cm³/mol. The van der Waals surface area contributed by atoms with E-state index in [0.717, 1.165) is 77.3 Å². The summed E-state index contributed by atoms with van der Waals surface area (Å²) in [5, 5.41) is 19.2. The summed E-state index contributed by atoms with van der Waals surface area (Å²) >= 11 is 0. The van der Waals surface area contributed by atoms with Crippen LogP contribution in [-0.2, 0) is 14.3 Å². The van der Waals surface area contributed by atoms with E-state index in [-0.39, 0.29) is 23.4 Å². The first-order chi connectivity index (χ1) is 16.3. The van der Waals surface area contributed by atoms with E-state index in [1.54, 1.807) is 0 Å². The Bertz CT molecular complexity index is 781. The van der Waals surface area contributed by atoms with Crippen molar-refractivity contribution >= 4 is 12.4 Å². The number of aliphatic carboxylic acids is 1. The van der Waals surface area contributed by atoms with Crippen molar-refractivity contribution < 1.29 is 24.5 Å². The van der Waals surface area contributed by atoms with Gasteiger partial charge in [0, 0.05) is 32.5 Å². The number of nitrogens with zero attached hydrogens (tertiary/aromatic N) is 1. The van der Waals surface area contributed by atoms with Crippen LogP contribution in [0.1, 0.15) is 90.9 Å². The molecule has 2 N–H and O–H groups in total. The molecule has 6 heteroatoms. The molecule has 0 amide bonds. The minimum absolute atomic E-state index is 0.0336. The number of carbonyl (C=O) groups is 2. The molecular formula is C28H45NO5. The van der Waals surface area contributed by atoms with Gasteiger partial charge in [0.25, 0.3) is 6.47 Å². The van der Waals surface area contributed by atoms with Gasteiger partial charge in [0.05, 0.1) is 5.92 Å². The molecule has 0 aromatic heterocycles. The summed E-state index contributed by atoms with van der Waals surface area (Å²) < 4.78 is 5.99. The maximum absolute atomic E-state index is 12.0. The largest absolute Gasteiger partial charge is 0.481 e. The van der Waals surface area contributed by atoms with Gasteiger partial charge in [-0.25, -0.2) is 0 Å². The highest BCUT2D eigenvalue weighted by atomic mass is 16.6. The second-order valence-corrected chi connectivity index (χ2v) is 13.0. The number of ether oxygens (including phenoxy) is 1. The minimum Gasteiger partial charge on any atom is -0.481 e. The lowest BCUT2D eigenvalue weighted by atomic mass is 9.44. The van der Waals surface area contributed by atoms with Crippen LogP contribution >= 0.6 is 0 Å². The average molecular weight is 476 g/mol. The molecule has 0 aromatic rings. The van der Waals surface area contributed by atoms with Crippen molar-refractivity contribution in [3.63, 3.8) is 0 Å². The van der Waals surface area contributed by atoms with Crippen molar-refractivity contribution in [1.82, 2.24) is 4.90 Å². The van der Waals surface area contributed by atoms with Gasteiger partial charge in [0.15, 0.2) is 5.72 Å². The third-order valence-corrected chi connectivity index (χ3v) is 12.0. The zero-order valence-electron chi connectivity index (χ0n) is 21.2. The Labute approximate surface area is 204 Å². The predicted octanol–water partition coefficient (Wildman–Crippen LogP) is 4.69. The van der Waals surface area contributed by atoms with E-state index in [0.29, 0.717) is 36.1 Å². The van der Waals surface area contributed by atoms with E-state index < -0.39 is 11.7 Å². The summed E-state index contributed by atoms with van der Waals surface area (Å²) in [6, 6.07) is 0. The molecule has 1 saturated heterocycles. The zero-order valence-corrected chi connectivity index (χ0v) is 21.2. The summed E-state index contributed by atoms with van der Waals surface area (Å²) in [7, 11) is 0. The molecule has 1 aliphatic heterocycles. The number of rotatable bonds is 6. The number of carbonyl (C=O) groups excluding carboxylic acids is 1. The molecule has 5 rings (SSSR count). The van der Waals surface area contributed by atoms with Gasteiger partial charge >= 0.3 is 5.97 Å². The molecule has 0 aromatic carbocycles. The molecular weight excluding hydrogens is 430 g/mol. The van der Waals surface area contributed by atoms with Crippen molar-refractivity contribution in [3.05, 3.63) is 0 Å². The first-order valence-electron chi connectivity index (χ1n) is 14.0. The summed E-state index contributed by atoms with van der Waals surface area (Å²) in [5.74, 6) is 2.25. The van der Waals surface area contributed by atoms with Crippen LogP contribution in [0.3, 0.4) is 0 Å². The first-order valence-corrected chi connectivity index (χ1v) is 14.0. The van der Waals surface area contributed by atoms with Crippen molar-refractivity contribution in [2.75, 3.05) is 19.7 Å². The van der Waals surface area contributed by atoms with Crippen LogP contribution in [0.15, 0.2) is 0 Å². The van der Waals surface area contributed by atoms with Gasteiger partial charge < -0.3 is 14.9 Å². The van der Waals surface area contributed by atoms with Gasteiger partial charge in [0.2, 0.25) is 0 Å². The number of carboxylic acid groups (broad SMARTS) is 1. The fraction of sp³-hybridized carbons (Fsp3) is 0.929. The summed E-state index contributed by atoms with van der Waals surface area (Å²) in [6.45, 7) is 7.63. The van der Waals surface area contributed by atoms with Crippen molar-refractivity contribution in [1.29, 1.82) is 0 Å². The molecule has 5 aliphatic rings. The van der Waals surface area contributed by atoms with Crippen molar-refractivity contribution in [2.45, 2.75) is 96.6 Å². The van der Waals surface area contributed by atoms with Crippen molar-refractivity contribution in [3.8, 4) is 0 Å². The van der Waals surface area contributed by atoms with E-state index in [1.807, 2.05) is 0 Å². The number of fused-ring (bicyclic) bond motifs is 5. The quantitative estimate of drug-likeness (QED) is 0.542. The van der Waals surface area contributed by atoms with Crippen molar-refractivity contribution in [2.24, 2.45) is 46.3 Å². The van der Waals surface area contributed by atoms with Crippen LogP contribution < -0.4 is 0 Å². The Kier molecular flexibility index (Phi) is 6.54. The van der Waals surface area contributed by atoms with Gasteiger partial charge in [-0.1, -0.05) is 13.8 Å². The number of aliphatic hydroxyl groups is 1. The molecule has 34 heavy (non-hydrogen) atoms. The van der Waals surface area contributed by atoms with Crippen LogP contribution in [0.4, 0.5) is 0 Å². The smallest absolute Gasteiger partial charge is 0.307 e. The number of piperidine rings is 1. The normalized spacial score (nSPS) is 47.3. The third kappa shape index (κ3) is 3.73. The monoisotopic (exact) mass is 475 g/mol. The Balaban J connectivity index is 1.33. The number of likely N-dealkylation sites (tertiary alicyclic amines) is 1. The summed E-state index contributed by atoms with van der Waals surface area (Å²) in [6.07, 6.45) is 12.5. The second kappa shape index (κ2) is 9.06. The lowest BCUT2D eigenvalue weighted by Crippen LogP contribution is -2.62. The lowest BCUT2D eigenvalue weighted by molar-refractivity contribution is -0.219. The Hall–Kier alpha value is -1.14. The fourth-order valence-electron chi connectivity index (χ4n) is 9.99. The number of carboxylic acids is 1. The molecule has 1 heterocycles. The Morgan fingerprint density at radius 3 is 2.38 bits per heavy atom. The molecule has 0 bridgehead atoms. The highest BCUT2D eigenvalue weighted by Crippen LogP contribution is 2.68. The van der Waals surface area contributed by atoms with E-state index in [4.69, 9.17) is 4.74 Å². The molecule has 3 unspecified atom stereocenters. The minimum atomic E-state index is -0.584. The van der Waals surface area contributed by atoms with Crippen LogP contribution in [0.2, 0.25) is 0 Å². The lowest BCUT2D eigenvalue weighted by Gasteiger charge is -2.63. The van der Waals surface area contributed by atoms with Gasteiger partial charge in [0.1, 0.15) is 0 Å². The highest BCUT2D eigenvalue weighted by Gasteiger charge is 2.63. The Morgan fingerprint density at radius 2 is 1.71 bits per heavy atom. The number of hydrogen-bond acceptors (Lipinski definition) is 5. The molecule has 0 radical (unpaired) electrons. The topological polar surface area (TPSA) is 87.1 Å². The van der Waals surface area contributed by atoms with E-state index in [1.165, 1.54) is 12.8 Å². The first kappa shape index (κ1) is 24.5. The average Bonchev–Trinajstić information content (AvgIpc) is 3.18. The van der Waals surface area contributed by atoms with Gasteiger partial charge in [-0.3, -0.25) is 14.5 Å². The maximum atomic E-state index is 12.0. The van der Waals surface area contributed by atoms with Gasteiger partial charge in [-0.2, -0.15) is 0 Å². The van der Waals surface area contributed by atoms with Crippen LogP contribution in [0.5, 0.6) is 0 Å². The molecule has 5 fully saturated rings. The molecule has 192 valence electrons. The standard InChI is InChI=1S/C28H45NO5/c1-26-12-13-28(34-18-31,29-14-8-19(9-15-29)10-16-30)17-20(26)3-4-21-22-5-6-24(25(32)33)27(22,2)11-7-23(21)26/h18-24,30H,3-17H2,1-2H3,(H,32,33)/t20?,21-,22-,23-,24?,26-,27-,28?/m0/s1. The molecule has 6 nitrogen and oxygen atoms in total. The van der Waals surface area contributed by atoms with Crippen LogP contribution in [-0.4, -0.2) is 53.0 Å². The van der Waals surface area contributed by atoms with Crippen LogP contribution in [0, 0.1) is 46.3 Å². The van der Waals surface area contributed by atoms with Gasteiger partial charge in [-0.05, 0) is 105 Å². The van der Waals surface area contributed by atoms with E-state index >= 15 is 0 Å². The Morgan fingerprint density at radius 1 is 0.971 bits per heavy atom. The van der Waals surface area contributed by atoms with Crippen LogP contribution in [0.25, 0.3) is 0 Å². The summed E-state index contributed by atoms with van der Waals surface area (Å²) in [5.41, 5.74) is -0.238. The van der Waals surface area contributed by atoms with E-state index in [2.05, 4.69) is 18.7 Å². The zero-order chi connectivity index (χ0) is 24.1. The number of hydrogen-bond donors (Lipinski definition) is 2.